The Balaban J connectivity index is 1.86. The summed E-state index contributed by atoms with van der Waals surface area (Å²) >= 11 is 7.55. The van der Waals surface area contributed by atoms with Gasteiger partial charge in [-0.25, -0.2) is 0 Å². The first-order chi connectivity index (χ1) is 11.1. The van der Waals surface area contributed by atoms with Gasteiger partial charge in [-0.05, 0) is 60.0 Å². The maximum Gasteiger partial charge on any atom is 0.119 e. The van der Waals surface area contributed by atoms with Crippen molar-refractivity contribution < 1.29 is 9.84 Å². The van der Waals surface area contributed by atoms with Gasteiger partial charge in [0.25, 0.3) is 0 Å². The highest BCUT2D eigenvalue weighted by Gasteiger charge is 2.17. The minimum atomic E-state index is -0.529. The summed E-state index contributed by atoms with van der Waals surface area (Å²) in [6.07, 6.45) is 0.521. The molecule has 0 saturated heterocycles. The summed E-state index contributed by atoms with van der Waals surface area (Å²) in [5.74, 6) is 0.723. The molecule has 2 unspecified atom stereocenters. The maximum atomic E-state index is 10.3. The fourth-order valence-corrected chi connectivity index (χ4v) is 3.11. The number of benzene rings is 1. The van der Waals surface area contributed by atoms with Crippen LogP contribution in [0.15, 0.2) is 41.1 Å². The summed E-state index contributed by atoms with van der Waals surface area (Å²) in [6, 6.07) is 9.74. The van der Waals surface area contributed by atoms with Gasteiger partial charge in [-0.3, -0.25) is 4.90 Å². The number of hydrogen-bond donors (Lipinski definition) is 1. The molecule has 3 nitrogen and oxygen atoms in total. The second kappa shape index (κ2) is 9.28. The Bertz CT molecular complexity index is 559. The Kier molecular flexibility index (Phi) is 7.37. The summed E-state index contributed by atoms with van der Waals surface area (Å²) in [4.78, 5) is 2.30. The van der Waals surface area contributed by atoms with Gasteiger partial charge in [0, 0.05) is 24.2 Å². The van der Waals surface area contributed by atoms with Gasteiger partial charge in [0.05, 0.1) is 0 Å². The van der Waals surface area contributed by atoms with Crippen LogP contribution in [0.4, 0.5) is 0 Å². The molecule has 23 heavy (non-hydrogen) atoms. The van der Waals surface area contributed by atoms with E-state index in [0.717, 1.165) is 18.7 Å². The summed E-state index contributed by atoms with van der Waals surface area (Å²) in [6.45, 7) is 6.09. The average Bonchev–Trinajstić information content (AvgIpc) is 3.06. The summed E-state index contributed by atoms with van der Waals surface area (Å²) in [5, 5.41) is 15.2. The lowest BCUT2D eigenvalue weighted by molar-refractivity contribution is 0.0507. The Morgan fingerprint density at radius 3 is 2.61 bits per heavy atom. The van der Waals surface area contributed by atoms with Crippen LogP contribution in [0.2, 0.25) is 5.02 Å². The molecule has 0 fully saturated rings. The summed E-state index contributed by atoms with van der Waals surface area (Å²) in [7, 11) is 0. The summed E-state index contributed by atoms with van der Waals surface area (Å²) in [5.41, 5.74) is 1.29. The first-order valence-electron chi connectivity index (χ1n) is 7.90. The fourth-order valence-electron chi connectivity index (χ4n) is 2.32. The number of aliphatic hydroxyl groups excluding tert-OH is 1. The number of aliphatic hydroxyl groups is 1. The quantitative estimate of drug-likeness (QED) is 0.723. The molecule has 2 rings (SSSR count). The van der Waals surface area contributed by atoms with E-state index in [0.29, 0.717) is 17.6 Å². The lowest BCUT2D eigenvalue weighted by atomic mass is 10.1. The maximum absolute atomic E-state index is 10.3. The Morgan fingerprint density at radius 1 is 1.26 bits per heavy atom. The van der Waals surface area contributed by atoms with Gasteiger partial charge in [0.2, 0.25) is 0 Å². The molecule has 0 radical (unpaired) electrons. The molecular formula is C18H24ClNO2S. The minimum Gasteiger partial charge on any atom is -0.491 e. The lowest BCUT2D eigenvalue weighted by Crippen LogP contribution is -2.40. The molecule has 1 N–H and O–H groups in total. The molecule has 0 spiro atoms. The highest BCUT2D eigenvalue weighted by Crippen LogP contribution is 2.17. The van der Waals surface area contributed by atoms with Crippen LogP contribution in [-0.4, -0.2) is 35.3 Å². The Morgan fingerprint density at radius 2 is 2.00 bits per heavy atom. The largest absolute Gasteiger partial charge is 0.491 e. The Labute approximate surface area is 147 Å². The van der Waals surface area contributed by atoms with E-state index in [1.165, 1.54) is 5.56 Å². The number of halogens is 1. The third-order valence-corrected chi connectivity index (χ3v) is 4.87. The zero-order chi connectivity index (χ0) is 16.7. The van der Waals surface area contributed by atoms with Crippen molar-refractivity contribution in [1.29, 1.82) is 0 Å². The Hall–Kier alpha value is -1.07. The lowest BCUT2D eigenvalue weighted by Gasteiger charge is -2.30. The number of nitrogens with zero attached hydrogens (tertiary/aromatic N) is 1. The molecule has 2 atom stereocenters. The number of thiophene rings is 1. The third-order valence-electron chi connectivity index (χ3n) is 3.88. The monoisotopic (exact) mass is 353 g/mol. The highest BCUT2D eigenvalue weighted by atomic mass is 35.5. The van der Waals surface area contributed by atoms with Gasteiger partial charge in [-0.1, -0.05) is 18.5 Å². The van der Waals surface area contributed by atoms with Gasteiger partial charge >= 0.3 is 0 Å². The van der Waals surface area contributed by atoms with Crippen LogP contribution in [0.5, 0.6) is 5.75 Å². The van der Waals surface area contributed by atoms with Crippen molar-refractivity contribution >= 4 is 22.9 Å². The van der Waals surface area contributed by atoms with E-state index in [1.807, 2.05) is 12.1 Å². The third kappa shape index (κ3) is 6.15. The van der Waals surface area contributed by atoms with E-state index in [2.05, 4.69) is 35.6 Å². The second-order valence-electron chi connectivity index (χ2n) is 5.74. The SMILES string of the molecule is CCC(C)N(Cc1ccsc1)CC(O)COc1ccc(Cl)cc1. The number of hydrogen-bond acceptors (Lipinski definition) is 4. The van der Waals surface area contributed by atoms with Crippen molar-refractivity contribution in [2.24, 2.45) is 0 Å². The normalized spacial score (nSPS) is 14.0. The molecule has 0 aliphatic carbocycles. The standard InChI is InChI=1S/C18H24ClNO2S/c1-3-14(2)20(10-15-8-9-23-13-15)11-17(21)12-22-18-6-4-16(19)5-7-18/h4-9,13-14,17,21H,3,10-12H2,1-2H3. The van der Waals surface area contributed by atoms with E-state index in [1.54, 1.807) is 23.5 Å². The molecule has 1 aromatic heterocycles. The van der Waals surface area contributed by atoms with Gasteiger partial charge in [-0.2, -0.15) is 11.3 Å². The highest BCUT2D eigenvalue weighted by molar-refractivity contribution is 7.07. The van der Waals surface area contributed by atoms with Crippen LogP contribution >= 0.6 is 22.9 Å². The topological polar surface area (TPSA) is 32.7 Å². The van der Waals surface area contributed by atoms with Gasteiger partial charge < -0.3 is 9.84 Å². The van der Waals surface area contributed by atoms with Crippen molar-refractivity contribution in [2.75, 3.05) is 13.2 Å². The predicted molar refractivity (Wildman–Crippen MR) is 97.4 cm³/mol. The van der Waals surface area contributed by atoms with Gasteiger partial charge in [0.15, 0.2) is 0 Å². The predicted octanol–water partition coefficient (Wildman–Crippen LogP) is 4.44. The van der Waals surface area contributed by atoms with Crippen LogP contribution in [0.1, 0.15) is 25.8 Å². The molecule has 5 heteroatoms. The molecular weight excluding hydrogens is 330 g/mol. The molecule has 126 valence electrons. The van der Waals surface area contributed by atoms with Crippen molar-refractivity contribution in [3.05, 3.63) is 51.7 Å². The van der Waals surface area contributed by atoms with Crippen LogP contribution < -0.4 is 4.74 Å². The molecule has 2 aromatic rings. The molecule has 1 aromatic carbocycles. The van der Waals surface area contributed by atoms with Crippen molar-refractivity contribution in [1.82, 2.24) is 4.90 Å². The molecule has 0 bridgehead atoms. The van der Waals surface area contributed by atoms with Crippen molar-refractivity contribution in [2.45, 2.75) is 39.0 Å². The minimum absolute atomic E-state index is 0.276. The number of rotatable bonds is 9. The van der Waals surface area contributed by atoms with E-state index < -0.39 is 6.10 Å². The van der Waals surface area contributed by atoms with Crippen molar-refractivity contribution in [3.63, 3.8) is 0 Å². The van der Waals surface area contributed by atoms with E-state index in [9.17, 15) is 5.11 Å². The zero-order valence-electron chi connectivity index (χ0n) is 13.6. The molecule has 0 aliphatic heterocycles. The fraction of sp³-hybridized carbons (Fsp3) is 0.444. The van der Waals surface area contributed by atoms with E-state index >= 15 is 0 Å². The summed E-state index contributed by atoms with van der Waals surface area (Å²) < 4.78 is 5.64. The zero-order valence-corrected chi connectivity index (χ0v) is 15.2. The first-order valence-corrected chi connectivity index (χ1v) is 9.22. The smallest absolute Gasteiger partial charge is 0.119 e. The van der Waals surface area contributed by atoms with Gasteiger partial charge in [0.1, 0.15) is 18.5 Å². The van der Waals surface area contributed by atoms with Crippen molar-refractivity contribution in [3.8, 4) is 5.75 Å². The van der Waals surface area contributed by atoms with Crippen LogP contribution in [0.25, 0.3) is 0 Å². The molecule has 1 heterocycles. The first kappa shape index (κ1) is 18.3. The molecule has 0 amide bonds. The molecule has 0 aliphatic rings. The van der Waals surface area contributed by atoms with E-state index in [4.69, 9.17) is 16.3 Å². The van der Waals surface area contributed by atoms with Crippen LogP contribution in [-0.2, 0) is 6.54 Å². The van der Waals surface area contributed by atoms with Crippen LogP contribution in [0, 0.1) is 0 Å². The van der Waals surface area contributed by atoms with Gasteiger partial charge in [-0.15, -0.1) is 0 Å². The number of ether oxygens (including phenoxy) is 1. The second-order valence-corrected chi connectivity index (χ2v) is 6.95. The average molecular weight is 354 g/mol. The van der Waals surface area contributed by atoms with E-state index in [-0.39, 0.29) is 6.61 Å². The van der Waals surface area contributed by atoms with Crippen LogP contribution in [0.3, 0.4) is 0 Å². The molecule has 0 saturated carbocycles.